The summed E-state index contributed by atoms with van der Waals surface area (Å²) in [5.41, 5.74) is 10.9. The van der Waals surface area contributed by atoms with Gasteiger partial charge in [0, 0.05) is 24.3 Å². The number of rotatable bonds is 4. The van der Waals surface area contributed by atoms with E-state index in [1.165, 1.54) is 24.0 Å². The quantitative estimate of drug-likeness (QED) is 0.934. The van der Waals surface area contributed by atoms with Gasteiger partial charge >= 0.3 is 0 Å². The van der Waals surface area contributed by atoms with Crippen molar-refractivity contribution in [2.45, 2.75) is 44.7 Å². The van der Waals surface area contributed by atoms with Crippen molar-refractivity contribution in [3.63, 3.8) is 0 Å². The maximum absolute atomic E-state index is 6.57. The minimum absolute atomic E-state index is 0.136. The highest BCUT2D eigenvalue weighted by Gasteiger charge is 2.55. The fourth-order valence-corrected chi connectivity index (χ4v) is 4.23. The summed E-state index contributed by atoms with van der Waals surface area (Å²) in [6.45, 7) is 3.15. The minimum Gasteiger partial charge on any atom is -0.324 e. The van der Waals surface area contributed by atoms with E-state index < -0.39 is 0 Å². The Bertz CT molecular complexity index is 645. The number of aryl methyl sites for hydroxylation is 2. The van der Waals surface area contributed by atoms with E-state index >= 15 is 0 Å². The highest BCUT2D eigenvalue weighted by molar-refractivity contribution is 5.40. The Kier molecular flexibility index (Phi) is 3.11. The number of aromatic nitrogens is 2. The van der Waals surface area contributed by atoms with E-state index in [1.807, 2.05) is 10.9 Å². The number of benzene rings is 1. The van der Waals surface area contributed by atoms with Crippen LogP contribution in [0.1, 0.15) is 48.4 Å². The summed E-state index contributed by atoms with van der Waals surface area (Å²) in [5, 5.41) is 4.44. The van der Waals surface area contributed by atoms with E-state index in [2.05, 4.69) is 42.5 Å². The van der Waals surface area contributed by atoms with Crippen molar-refractivity contribution >= 4 is 0 Å². The maximum atomic E-state index is 6.57. The van der Waals surface area contributed by atoms with E-state index in [9.17, 15) is 0 Å². The molecule has 0 aliphatic heterocycles. The monoisotopic (exact) mass is 281 g/mol. The van der Waals surface area contributed by atoms with Gasteiger partial charge in [0.05, 0.1) is 6.20 Å². The van der Waals surface area contributed by atoms with E-state index in [-0.39, 0.29) is 6.04 Å². The molecule has 4 rings (SSSR count). The van der Waals surface area contributed by atoms with Gasteiger partial charge in [-0.25, -0.2) is 0 Å². The molecule has 3 nitrogen and oxygen atoms in total. The highest BCUT2D eigenvalue weighted by atomic mass is 15.3. The second-order valence-electron chi connectivity index (χ2n) is 6.57. The van der Waals surface area contributed by atoms with Crippen LogP contribution < -0.4 is 5.73 Å². The molecule has 0 saturated heterocycles. The van der Waals surface area contributed by atoms with Gasteiger partial charge in [-0.3, -0.25) is 4.68 Å². The third-order valence-corrected chi connectivity index (χ3v) is 5.30. The van der Waals surface area contributed by atoms with Gasteiger partial charge in [-0.05, 0) is 48.1 Å². The molecule has 0 spiro atoms. The zero-order valence-electron chi connectivity index (χ0n) is 12.6. The molecule has 3 heteroatoms. The second-order valence-corrected chi connectivity index (χ2v) is 6.57. The first kappa shape index (κ1) is 13.1. The molecule has 1 fully saturated rings. The summed E-state index contributed by atoms with van der Waals surface area (Å²) in [4.78, 5) is 0. The zero-order valence-corrected chi connectivity index (χ0v) is 12.6. The molecule has 2 N–H and O–H groups in total. The Morgan fingerprint density at radius 1 is 1.38 bits per heavy atom. The van der Waals surface area contributed by atoms with Gasteiger partial charge in [0.1, 0.15) is 0 Å². The lowest BCUT2D eigenvalue weighted by Gasteiger charge is -2.13. The van der Waals surface area contributed by atoms with Crippen LogP contribution in [0.25, 0.3) is 0 Å². The Morgan fingerprint density at radius 2 is 2.24 bits per heavy atom. The first-order valence-corrected chi connectivity index (χ1v) is 8.15. The summed E-state index contributed by atoms with van der Waals surface area (Å²) in [5.74, 6) is 2.07. The van der Waals surface area contributed by atoms with Crippen LogP contribution in [0, 0.1) is 11.8 Å². The van der Waals surface area contributed by atoms with Crippen LogP contribution in [0.4, 0.5) is 0 Å². The van der Waals surface area contributed by atoms with Gasteiger partial charge < -0.3 is 5.73 Å². The summed E-state index contributed by atoms with van der Waals surface area (Å²) in [6.07, 6.45) is 7.73. The number of hydrogen-bond acceptors (Lipinski definition) is 2. The van der Waals surface area contributed by atoms with Crippen molar-refractivity contribution in [3.8, 4) is 0 Å². The van der Waals surface area contributed by atoms with Gasteiger partial charge in [-0.2, -0.15) is 5.10 Å². The van der Waals surface area contributed by atoms with Gasteiger partial charge in [0.2, 0.25) is 0 Å². The maximum Gasteiger partial charge on any atom is 0.0537 e. The smallest absolute Gasteiger partial charge is 0.0537 e. The van der Waals surface area contributed by atoms with Crippen LogP contribution in [-0.4, -0.2) is 9.78 Å². The van der Waals surface area contributed by atoms with Crippen molar-refractivity contribution in [2.24, 2.45) is 17.6 Å². The lowest BCUT2D eigenvalue weighted by atomic mass is 9.92. The Hall–Kier alpha value is -1.61. The Balaban J connectivity index is 1.56. The molecule has 110 valence electrons. The van der Waals surface area contributed by atoms with Crippen LogP contribution in [0.2, 0.25) is 0 Å². The minimum atomic E-state index is 0.136. The number of hydrogen-bond donors (Lipinski definition) is 1. The lowest BCUT2D eigenvalue weighted by molar-refractivity contribution is 0.553. The molecule has 4 unspecified atom stereocenters. The average Bonchev–Trinajstić information content (AvgIpc) is 3.08. The van der Waals surface area contributed by atoms with Crippen LogP contribution in [-0.2, 0) is 13.0 Å². The van der Waals surface area contributed by atoms with E-state index in [0.29, 0.717) is 11.8 Å². The molecule has 21 heavy (non-hydrogen) atoms. The molecule has 1 saturated carbocycles. The number of nitrogens with zero attached hydrogens (tertiary/aromatic N) is 2. The predicted octanol–water partition coefficient (Wildman–Crippen LogP) is 3.27. The summed E-state index contributed by atoms with van der Waals surface area (Å²) >= 11 is 0. The van der Waals surface area contributed by atoms with Crippen molar-refractivity contribution in [1.29, 1.82) is 0 Å². The Labute approximate surface area is 126 Å². The highest BCUT2D eigenvalue weighted by Crippen LogP contribution is 2.63. The summed E-state index contributed by atoms with van der Waals surface area (Å²) in [7, 11) is 0. The molecular weight excluding hydrogens is 258 g/mol. The predicted molar refractivity (Wildman–Crippen MR) is 83.9 cm³/mol. The van der Waals surface area contributed by atoms with Crippen molar-refractivity contribution < 1.29 is 0 Å². The van der Waals surface area contributed by atoms with Crippen molar-refractivity contribution in [3.05, 3.63) is 53.3 Å². The Morgan fingerprint density at radius 3 is 3.10 bits per heavy atom. The molecular formula is C18H23N3. The zero-order chi connectivity index (χ0) is 14.4. The molecule has 1 aromatic carbocycles. The van der Waals surface area contributed by atoms with E-state index in [4.69, 9.17) is 5.73 Å². The summed E-state index contributed by atoms with van der Waals surface area (Å²) < 4.78 is 2.02. The molecule has 1 aromatic heterocycles. The molecule has 2 aromatic rings. The molecule has 0 bridgehead atoms. The number of fused-ring (bicyclic) bond motifs is 3. The second kappa shape index (κ2) is 4.99. The molecule has 1 heterocycles. The molecule has 0 amide bonds. The van der Waals surface area contributed by atoms with Crippen LogP contribution in [0.5, 0.6) is 0 Å². The molecule has 0 radical (unpaired) electrons. The average molecular weight is 281 g/mol. The van der Waals surface area contributed by atoms with Crippen molar-refractivity contribution in [2.75, 3.05) is 0 Å². The first-order valence-electron chi connectivity index (χ1n) is 8.15. The first-order chi connectivity index (χ1) is 10.3. The van der Waals surface area contributed by atoms with Crippen LogP contribution in [0.15, 0.2) is 36.7 Å². The standard InChI is InChI=1S/C18H23N3/c1-2-9-21-11-13(10-20-21)18(19)17-15-8-7-12-5-3-4-6-14(12)16(15)17/h3-6,10-11,15-18H,2,7-9,19H2,1H3. The third kappa shape index (κ3) is 2.11. The van der Waals surface area contributed by atoms with Gasteiger partial charge in [-0.15, -0.1) is 0 Å². The van der Waals surface area contributed by atoms with E-state index in [1.54, 1.807) is 5.56 Å². The molecule has 2 aliphatic carbocycles. The lowest BCUT2D eigenvalue weighted by Crippen LogP contribution is -2.13. The summed E-state index contributed by atoms with van der Waals surface area (Å²) in [6, 6.07) is 9.05. The van der Waals surface area contributed by atoms with Gasteiger partial charge in [0.25, 0.3) is 0 Å². The molecule has 4 atom stereocenters. The van der Waals surface area contributed by atoms with Crippen LogP contribution in [0.3, 0.4) is 0 Å². The SMILES string of the molecule is CCCn1cc(C(N)C2C3CCc4ccccc4C32)cn1. The van der Waals surface area contributed by atoms with Gasteiger partial charge in [-0.1, -0.05) is 31.2 Å². The van der Waals surface area contributed by atoms with E-state index in [0.717, 1.165) is 18.9 Å². The number of nitrogens with two attached hydrogens (primary N) is 1. The van der Waals surface area contributed by atoms with Gasteiger partial charge in [0.15, 0.2) is 0 Å². The topological polar surface area (TPSA) is 43.8 Å². The fraction of sp³-hybridized carbons (Fsp3) is 0.500. The fourth-order valence-electron chi connectivity index (χ4n) is 4.23. The van der Waals surface area contributed by atoms with Crippen LogP contribution >= 0.6 is 0 Å². The molecule has 2 aliphatic rings. The third-order valence-electron chi connectivity index (χ3n) is 5.30. The van der Waals surface area contributed by atoms with Crippen molar-refractivity contribution in [1.82, 2.24) is 9.78 Å². The normalized spacial score (nSPS) is 27.8. The largest absolute Gasteiger partial charge is 0.324 e.